The van der Waals surface area contributed by atoms with Gasteiger partial charge in [-0.05, 0) is 25.5 Å². The molecular weight excluding hydrogens is 260 g/mol. The van der Waals surface area contributed by atoms with Crippen molar-refractivity contribution in [2.75, 3.05) is 6.61 Å². The topological polar surface area (TPSA) is 89.3 Å². The molecule has 0 saturated heterocycles. The van der Waals surface area contributed by atoms with Crippen LogP contribution in [-0.4, -0.2) is 23.5 Å². The molecule has 20 heavy (non-hydrogen) atoms. The Morgan fingerprint density at radius 2 is 2.15 bits per heavy atom. The van der Waals surface area contributed by atoms with Crippen molar-refractivity contribution in [3.05, 3.63) is 24.0 Å². The first-order valence-corrected chi connectivity index (χ1v) is 6.24. The van der Waals surface area contributed by atoms with Gasteiger partial charge in [0, 0.05) is 13.1 Å². The van der Waals surface area contributed by atoms with E-state index in [-0.39, 0.29) is 24.5 Å². The van der Waals surface area contributed by atoms with Gasteiger partial charge in [0.15, 0.2) is 11.2 Å². The van der Waals surface area contributed by atoms with Crippen LogP contribution in [0.3, 0.4) is 0 Å². The minimum absolute atomic E-state index is 0.0939. The summed E-state index contributed by atoms with van der Waals surface area (Å²) in [5.41, 5.74) is -1.49. The van der Waals surface area contributed by atoms with Gasteiger partial charge in [0.25, 0.3) is 0 Å². The third-order valence-electron chi connectivity index (χ3n) is 2.77. The molecule has 0 fully saturated rings. The van der Waals surface area contributed by atoms with Crippen LogP contribution < -0.4 is 4.74 Å². The Bertz CT molecular complexity index is 550. The average molecular weight is 276 g/mol. The third kappa shape index (κ3) is 2.94. The molecular formula is C14H16N2O4. The van der Waals surface area contributed by atoms with Gasteiger partial charge in [0.05, 0.1) is 12.7 Å². The lowest BCUT2D eigenvalue weighted by molar-refractivity contribution is -0.148. The van der Waals surface area contributed by atoms with Crippen LogP contribution in [0.15, 0.2) is 18.3 Å². The van der Waals surface area contributed by atoms with E-state index in [0.717, 1.165) is 0 Å². The van der Waals surface area contributed by atoms with Gasteiger partial charge in [-0.3, -0.25) is 9.78 Å². The molecule has 1 unspecified atom stereocenters. The number of carbonyl (C=O) groups is 2. The van der Waals surface area contributed by atoms with E-state index in [9.17, 15) is 14.9 Å². The Morgan fingerprint density at radius 1 is 1.45 bits per heavy atom. The molecule has 0 saturated carbocycles. The summed E-state index contributed by atoms with van der Waals surface area (Å²) in [7, 11) is 0. The maximum atomic E-state index is 12.1. The predicted octanol–water partition coefficient (Wildman–Crippen LogP) is 1.74. The van der Waals surface area contributed by atoms with E-state index in [1.165, 1.54) is 19.2 Å². The van der Waals surface area contributed by atoms with Gasteiger partial charge < -0.3 is 9.47 Å². The second kappa shape index (κ2) is 6.66. The van der Waals surface area contributed by atoms with E-state index in [1.54, 1.807) is 19.9 Å². The van der Waals surface area contributed by atoms with Crippen LogP contribution in [0.25, 0.3) is 0 Å². The number of esters is 2. The van der Waals surface area contributed by atoms with E-state index in [4.69, 9.17) is 9.47 Å². The fourth-order valence-electron chi connectivity index (χ4n) is 1.79. The Labute approximate surface area is 117 Å². The summed E-state index contributed by atoms with van der Waals surface area (Å²) in [6.07, 6.45) is 1.59. The molecule has 0 aliphatic carbocycles. The average Bonchev–Trinajstić information content (AvgIpc) is 2.42. The zero-order valence-corrected chi connectivity index (χ0v) is 11.7. The number of hydrogen-bond donors (Lipinski definition) is 0. The lowest BCUT2D eigenvalue weighted by Gasteiger charge is -2.23. The smallest absolute Gasteiger partial charge is 0.332 e. The molecule has 6 heteroatoms. The molecule has 106 valence electrons. The highest BCUT2D eigenvalue weighted by Gasteiger charge is 2.44. The zero-order valence-electron chi connectivity index (χ0n) is 11.7. The number of pyridine rings is 1. The van der Waals surface area contributed by atoms with Gasteiger partial charge in [0.1, 0.15) is 5.69 Å². The largest absolute Gasteiger partial charge is 0.464 e. The first kappa shape index (κ1) is 15.6. The molecule has 0 amide bonds. The third-order valence-corrected chi connectivity index (χ3v) is 2.77. The van der Waals surface area contributed by atoms with E-state index in [1.807, 2.05) is 6.07 Å². The highest BCUT2D eigenvalue weighted by atomic mass is 16.5. The van der Waals surface area contributed by atoms with Crippen LogP contribution in [0.5, 0.6) is 5.75 Å². The summed E-state index contributed by atoms with van der Waals surface area (Å²) < 4.78 is 9.98. The lowest BCUT2D eigenvalue weighted by atomic mass is 9.82. The normalized spacial score (nSPS) is 12.9. The van der Waals surface area contributed by atoms with Crippen molar-refractivity contribution < 1.29 is 19.1 Å². The number of aromatic nitrogens is 1. The Kier molecular flexibility index (Phi) is 5.21. The fourth-order valence-corrected chi connectivity index (χ4v) is 1.79. The predicted molar refractivity (Wildman–Crippen MR) is 69.8 cm³/mol. The molecule has 1 atom stereocenters. The van der Waals surface area contributed by atoms with Crippen LogP contribution in [0.1, 0.15) is 32.9 Å². The highest BCUT2D eigenvalue weighted by Crippen LogP contribution is 2.34. The number of rotatable bonds is 5. The molecule has 0 spiro atoms. The van der Waals surface area contributed by atoms with Gasteiger partial charge in [-0.1, -0.05) is 6.92 Å². The zero-order chi connectivity index (χ0) is 15.2. The maximum Gasteiger partial charge on any atom is 0.332 e. The van der Waals surface area contributed by atoms with Crippen molar-refractivity contribution in [1.82, 2.24) is 4.98 Å². The minimum Gasteiger partial charge on any atom is -0.464 e. The summed E-state index contributed by atoms with van der Waals surface area (Å²) >= 11 is 0. The quantitative estimate of drug-likeness (QED) is 0.761. The van der Waals surface area contributed by atoms with E-state index < -0.39 is 17.4 Å². The molecule has 1 aromatic heterocycles. The van der Waals surface area contributed by atoms with Crippen molar-refractivity contribution in [3.8, 4) is 11.8 Å². The van der Waals surface area contributed by atoms with Crippen molar-refractivity contribution in [1.29, 1.82) is 5.26 Å². The first-order chi connectivity index (χ1) is 9.51. The van der Waals surface area contributed by atoms with Gasteiger partial charge in [-0.25, -0.2) is 4.79 Å². The van der Waals surface area contributed by atoms with Gasteiger partial charge >= 0.3 is 11.9 Å². The molecule has 0 aromatic carbocycles. The number of carbonyl (C=O) groups excluding carboxylic acids is 2. The standard InChI is InChI=1S/C14H16N2O4/c1-4-14(9-15,13(18)19-5-2)12-11(20-10(3)17)7-6-8-16-12/h6-8H,4-5H2,1-3H3. The van der Waals surface area contributed by atoms with Crippen LogP contribution in [-0.2, 0) is 19.7 Å². The summed E-state index contributed by atoms with van der Waals surface area (Å²) in [4.78, 5) is 27.3. The van der Waals surface area contributed by atoms with E-state index in [2.05, 4.69) is 4.98 Å². The molecule has 6 nitrogen and oxygen atoms in total. The van der Waals surface area contributed by atoms with Crippen LogP contribution in [0.2, 0.25) is 0 Å². The number of ether oxygens (including phenoxy) is 2. The van der Waals surface area contributed by atoms with Crippen LogP contribution >= 0.6 is 0 Å². The Morgan fingerprint density at radius 3 is 2.65 bits per heavy atom. The summed E-state index contributed by atoms with van der Waals surface area (Å²) in [6, 6.07) is 5.00. The molecule has 1 aromatic rings. The van der Waals surface area contributed by atoms with E-state index >= 15 is 0 Å². The summed E-state index contributed by atoms with van der Waals surface area (Å²) in [5, 5.41) is 9.45. The molecule has 0 aliphatic heterocycles. The summed E-state index contributed by atoms with van der Waals surface area (Å²) in [5.74, 6) is -1.15. The van der Waals surface area contributed by atoms with Crippen molar-refractivity contribution >= 4 is 11.9 Å². The second-order valence-electron chi connectivity index (χ2n) is 4.03. The monoisotopic (exact) mass is 276 g/mol. The molecule has 0 aliphatic rings. The van der Waals surface area contributed by atoms with E-state index in [0.29, 0.717) is 0 Å². The van der Waals surface area contributed by atoms with Crippen LogP contribution in [0, 0.1) is 11.3 Å². The number of nitrogens with zero attached hydrogens (tertiary/aromatic N) is 2. The van der Waals surface area contributed by atoms with Gasteiger partial charge in [-0.2, -0.15) is 5.26 Å². The highest BCUT2D eigenvalue weighted by molar-refractivity contribution is 5.87. The van der Waals surface area contributed by atoms with Crippen molar-refractivity contribution in [2.45, 2.75) is 32.6 Å². The number of nitriles is 1. The Hall–Kier alpha value is -2.42. The SMILES string of the molecule is CCOC(=O)C(C#N)(CC)c1ncccc1OC(C)=O. The molecule has 1 heterocycles. The minimum atomic E-state index is -1.58. The molecule has 0 N–H and O–H groups in total. The lowest BCUT2D eigenvalue weighted by Crippen LogP contribution is -2.37. The molecule has 1 rings (SSSR count). The Balaban J connectivity index is 3.39. The molecule has 0 radical (unpaired) electrons. The first-order valence-electron chi connectivity index (χ1n) is 6.24. The van der Waals surface area contributed by atoms with Crippen molar-refractivity contribution in [2.24, 2.45) is 0 Å². The second-order valence-corrected chi connectivity index (χ2v) is 4.03. The van der Waals surface area contributed by atoms with Gasteiger partial charge in [0.2, 0.25) is 0 Å². The number of hydrogen-bond acceptors (Lipinski definition) is 6. The fraction of sp³-hybridized carbons (Fsp3) is 0.429. The van der Waals surface area contributed by atoms with Gasteiger partial charge in [-0.15, -0.1) is 0 Å². The summed E-state index contributed by atoms with van der Waals surface area (Å²) in [6.45, 7) is 4.71. The molecule has 0 bridgehead atoms. The van der Waals surface area contributed by atoms with Crippen LogP contribution in [0.4, 0.5) is 0 Å². The maximum absolute atomic E-state index is 12.1. The van der Waals surface area contributed by atoms with Crippen molar-refractivity contribution in [3.63, 3.8) is 0 Å².